The summed E-state index contributed by atoms with van der Waals surface area (Å²) in [6, 6.07) is 10.2. The molecule has 0 spiro atoms. The van der Waals surface area contributed by atoms with Crippen molar-refractivity contribution in [2.24, 2.45) is 5.92 Å². The van der Waals surface area contributed by atoms with Crippen LogP contribution < -0.4 is 9.62 Å². The number of alkyl halides is 1. The van der Waals surface area contributed by atoms with Gasteiger partial charge in [-0.05, 0) is 67.9 Å². The molecule has 2 aliphatic heterocycles. The molecule has 3 fully saturated rings. The standard InChI is InChI=1S/C25H33F2N5O3S/c26-21-4-1-3-19(13-21)18-6-8-23(9-7-18)35-17-20-14-31(25-5-2-11-28-29-25)12-10-24(20)30-36(33,34)32-15-22(27)16-32/h1-5,11,13,18,20,22-24,30H,6-10,12,14-17H2/t18?,20-,23?,24-/m0/s1. The van der Waals surface area contributed by atoms with Gasteiger partial charge in [0.15, 0.2) is 5.82 Å². The molecule has 3 heterocycles. The Kier molecular flexibility index (Phi) is 7.80. The van der Waals surface area contributed by atoms with Crippen molar-refractivity contribution >= 4 is 16.0 Å². The highest BCUT2D eigenvalue weighted by Gasteiger charge is 2.40. The molecule has 1 N–H and O–H groups in total. The Balaban J connectivity index is 1.20. The first-order valence-corrected chi connectivity index (χ1v) is 14.1. The molecule has 0 bridgehead atoms. The number of nitrogens with zero attached hydrogens (tertiary/aromatic N) is 4. The predicted molar refractivity (Wildman–Crippen MR) is 132 cm³/mol. The van der Waals surface area contributed by atoms with Gasteiger partial charge in [-0.3, -0.25) is 0 Å². The van der Waals surface area contributed by atoms with E-state index in [1.54, 1.807) is 18.3 Å². The van der Waals surface area contributed by atoms with Crippen LogP contribution in [0.25, 0.3) is 0 Å². The van der Waals surface area contributed by atoms with E-state index in [1.807, 2.05) is 18.2 Å². The van der Waals surface area contributed by atoms with Crippen molar-refractivity contribution in [3.8, 4) is 0 Å². The van der Waals surface area contributed by atoms with E-state index in [9.17, 15) is 17.2 Å². The average Bonchev–Trinajstić information content (AvgIpc) is 2.87. The van der Waals surface area contributed by atoms with Gasteiger partial charge in [0.25, 0.3) is 10.2 Å². The Morgan fingerprint density at radius 1 is 1.06 bits per heavy atom. The van der Waals surface area contributed by atoms with Gasteiger partial charge in [0, 0.05) is 44.3 Å². The van der Waals surface area contributed by atoms with Crippen LogP contribution in [0.5, 0.6) is 0 Å². The van der Waals surface area contributed by atoms with Crippen molar-refractivity contribution in [2.45, 2.75) is 56.3 Å². The number of hydrogen-bond acceptors (Lipinski definition) is 6. The van der Waals surface area contributed by atoms with Crippen molar-refractivity contribution in [1.29, 1.82) is 0 Å². The van der Waals surface area contributed by atoms with Crippen LogP contribution in [-0.2, 0) is 14.9 Å². The number of rotatable bonds is 8. The van der Waals surface area contributed by atoms with Crippen molar-refractivity contribution in [2.75, 3.05) is 37.7 Å². The molecule has 0 unspecified atom stereocenters. The number of ether oxygens (including phenoxy) is 1. The largest absolute Gasteiger partial charge is 0.378 e. The summed E-state index contributed by atoms with van der Waals surface area (Å²) in [6.45, 7) is 1.43. The number of aromatic nitrogens is 2. The number of anilines is 1. The van der Waals surface area contributed by atoms with Crippen molar-refractivity contribution in [1.82, 2.24) is 19.2 Å². The molecular formula is C25H33F2N5O3S. The molecule has 5 rings (SSSR count). The van der Waals surface area contributed by atoms with E-state index in [0.29, 0.717) is 32.0 Å². The average molecular weight is 522 g/mol. The monoisotopic (exact) mass is 521 g/mol. The number of piperidine rings is 1. The molecule has 1 aromatic heterocycles. The second-order valence-electron chi connectivity index (χ2n) is 10.1. The zero-order chi connectivity index (χ0) is 25.1. The topological polar surface area (TPSA) is 87.7 Å². The lowest BCUT2D eigenvalue weighted by atomic mass is 9.82. The van der Waals surface area contributed by atoms with Gasteiger partial charge >= 0.3 is 0 Å². The summed E-state index contributed by atoms with van der Waals surface area (Å²) in [5, 5.41) is 8.18. The van der Waals surface area contributed by atoms with E-state index in [2.05, 4.69) is 19.8 Å². The first kappa shape index (κ1) is 25.4. The molecule has 1 aromatic carbocycles. The minimum Gasteiger partial charge on any atom is -0.378 e. The van der Waals surface area contributed by atoms with Gasteiger partial charge in [-0.25, -0.2) is 8.78 Å². The molecule has 2 saturated heterocycles. The third-order valence-electron chi connectivity index (χ3n) is 7.60. The van der Waals surface area contributed by atoms with Crippen LogP contribution in [0.3, 0.4) is 0 Å². The summed E-state index contributed by atoms with van der Waals surface area (Å²) < 4.78 is 62.7. The van der Waals surface area contributed by atoms with Crippen molar-refractivity contribution in [3.05, 3.63) is 54.0 Å². The van der Waals surface area contributed by atoms with Gasteiger partial charge < -0.3 is 9.64 Å². The minimum absolute atomic E-state index is 0.0848. The van der Waals surface area contributed by atoms with E-state index in [0.717, 1.165) is 41.4 Å². The summed E-state index contributed by atoms with van der Waals surface area (Å²) in [7, 11) is -3.75. The maximum absolute atomic E-state index is 13.6. The quantitative estimate of drug-likeness (QED) is 0.575. The van der Waals surface area contributed by atoms with E-state index in [1.165, 1.54) is 6.07 Å². The number of halogens is 2. The summed E-state index contributed by atoms with van der Waals surface area (Å²) in [6.07, 6.45) is 4.82. The van der Waals surface area contributed by atoms with Crippen LogP contribution in [0.4, 0.5) is 14.6 Å². The first-order valence-electron chi connectivity index (χ1n) is 12.7. The third kappa shape index (κ3) is 6.01. The Hall–Kier alpha value is -2.21. The number of benzene rings is 1. The van der Waals surface area contributed by atoms with Crippen LogP contribution in [0, 0.1) is 11.7 Å². The molecule has 3 aliphatic rings. The fraction of sp³-hybridized carbons (Fsp3) is 0.600. The number of hydrogen-bond donors (Lipinski definition) is 1. The summed E-state index contributed by atoms with van der Waals surface area (Å²) in [4.78, 5) is 2.11. The van der Waals surface area contributed by atoms with Crippen LogP contribution in [-0.4, -0.2) is 74.0 Å². The molecule has 0 amide bonds. The van der Waals surface area contributed by atoms with E-state index in [-0.39, 0.29) is 37.0 Å². The van der Waals surface area contributed by atoms with Gasteiger partial charge in [0.2, 0.25) is 0 Å². The van der Waals surface area contributed by atoms with Gasteiger partial charge in [0.1, 0.15) is 12.0 Å². The van der Waals surface area contributed by atoms with Gasteiger partial charge in [-0.15, -0.1) is 5.10 Å². The molecule has 2 atom stereocenters. The lowest BCUT2D eigenvalue weighted by Gasteiger charge is -2.41. The predicted octanol–water partition coefficient (Wildman–Crippen LogP) is 3.04. The summed E-state index contributed by atoms with van der Waals surface area (Å²) >= 11 is 0. The highest BCUT2D eigenvalue weighted by molar-refractivity contribution is 7.87. The molecule has 8 nitrogen and oxygen atoms in total. The zero-order valence-corrected chi connectivity index (χ0v) is 21.0. The molecule has 1 saturated carbocycles. The van der Waals surface area contributed by atoms with E-state index < -0.39 is 16.4 Å². The van der Waals surface area contributed by atoms with Gasteiger partial charge in [0.05, 0.1) is 12.7 Å². The fourth-order valence-corrected chi connectivity index (χ4v) is 7.02. The Bertz CT molecular complexity index is 1110. The van der Waals surface area contributed by atoms with Crippen molar-refractivity contribution in [3.63, 3.8) is 0 Å². The maximum atomic E-state index is 13.6. The SMILES string of the molecule is O=S(=O)(N[C@H]1CCN(c2cccnn2)C[C@H]1COC1CCC(c2cccc(F)c2)CC1)N1CC(F)C1. The first-order chi connectivity index (χ1) is 17.4. The Labute approximate surface area is 211 Å². The summed E-state index contributed by atoms with van der Waals surface area (Å²) in [5.41, 5.74) is 1.04. The highest BCUT2D eigenvalue weighted by atomic mass is 32.2. The van der Waals surface area contributed by atoms with E-state index >= 15 is 0 Å². The second-order valence-corrected chi connectivity index (χ2v) is 11.8. The maximum Gasteiger partial charge on any atom is 0.279 e. The third-order valence-corrected chi connectivity index (χ3v) is 9.18. The highest BCUT2D eigenvalue weighted by Crippen LogP contribution is 2.35. The zero-order valence-electron chi connectivity index (χ0n) is 20.2. The van der Waals surface area contributed by atoms with Crippen LogP contribution in [0.15, 0.2) is 42.6 Å². The van der Waals surface area contributed by atoms with Gasteiger partial charge in [-0.2, -0.15) is 22.5 Å². The molecule has 0 radical (unpaired) electrons. The molecule has 196 valence electrons. The van der Waals surface area contributed by atoms with Crippen LogP contribution >= 0.6 is 0 Å². The molecule has 1 aliphatic carbocycles. The Morgan fingerprint density at radius 3 is 2.56 bits per heavy atom. The number of nitrogens with one attached hydrogen (secondary N) is 1. The lowest BCUT2D eigenvalue weighted by Crippen LogP contribution is -2.60. The smallest absolute Gasteiger partial charge is 0.279 e. The molecule has 36 heavy (non-hydrogen) atoms. The van der Waals surface area contributed by atoms with E-state index in [4.69, 9.17) is 4.74 Å². The summed E-state index contributed by atoms with van der Waals surface area (Å²) in [5.74, 6) is 0.781. The van der Waals surface area contributed by atoms with Gasteiger partial charge in [-0.1, -0.05) is 12.1 Å². The van der Waals surface area contributed by atoms with Crippen LogP contribution in [0.1, 0.15) is 43.6 Å². The van der Waals surface area contributed by atoms with Crippen LogP contribution in [0.2, 0.25) is 0 Å². The fourth-order valence-electron chi connectivity index (χ4n) is 5.46. The molecule has 2 aromatic rings. The second kappa shape index (κ2) is 11.0. The molecular weight excluding hydrogens is 488 g/mol. The Morgan fingerprint density at radius 2 is 1.86 bits per heavy atom. The normalized spacial score (nSPS) is 28.1. The lowest BCUT2D eigenvalue weighted by molar-refractivity contribution is -0.00239. The minimum atomic E-state index is -3.75. The molecule has 11 heteroatoms. The van der Waals surface area contributed by atoms with Crippen molar-refractivity contribution < 1.29 is 21.9 Å².